The summed E-state index contributed by atoms with van der Waals surface area (Å²) in [6.45, 7) is 19.0. The van der Waals surface area contributed by atoms with E-state index in [-0.39, 0.29) is 42.0 Å². The molecule has 1 rings (SSSR count). The number of guanidine groups is 1. The Morgan fingerprint density at radius 1 is 1.19 bits per heavy atom. The summed E-state index contributed by atoms with van der Waals surface area (Å²) < 4.78 is 0. The molecule has 1 aliphatic rings. The van der Waals surface area contributed by atoms with Gasteiger partial charge in [-0.15, -0.1) is 24.0 Å². The van der Waals surface area contributed by atoms with Crippen molar-refractivity contribution in [2.45, 2.75) is 72.9 Å². The number of carbonyl (C=O) groups excluding carboxylic acids is 1. The molecule has 1 atom stereocenters. The molecule has 0 aromatic carbocycles. The Morgan fingerprint density at radius 2 is 1.78 bits per heavy atom. The molecular formula is C20H42IN5O. The number of nitrogens with zero attached hydrogens (tertiary/aromatic N) is 2. The molecule has 0 bridgehead atoms. The Balaban J connectivity index is 0.00000676. The van der Waals surface area contributed by atoms with Gasteiger partial charge in [0.1, 0.15) is 6.54 Å². The lowest BCUT2D eigenvalue weighted by Gasteiger charge is -2.39. The van der Waals surface area contributed by atoms with Crippen LogP contribution in [0.25, 0.3) is 0 Å². The smallest absolute Gasteiger partial charge is 0.242 e. The fourth-order valence-electron chi connectivity index (χ4n) is 3.30. The van der Waals surface area contributed by atoms with Crippen molar-refractivity contribution in [3.8, 4) is 0 Å². The summed E-state index contributed by atoms with van der Waals surface area (Å²) in [4.78, 5) is 19.1. The topological polar surface area (TPSA) is 68.8 Å². The van der Waals surface area contributed by atoms with Crippen molar-refractivity contribution >= 4 is 35.8 Å². The summed E-state index contributed by atoms with van der Waals surface area (Å²) in [6.07, 6.45) is 2.56. The highest BCUT2D eigenvalue weighted by Crippen LogP contribution is 2.21. The number of likely N-dealkylation sites (tertiary alicyclic amines) is 1. The molecule has 3 N–H and O–H groups in total. The largest absolute Gasteiger partial charge is 0.357 e. The van der Waals surface area contributed by atoms with Crippen LogP contribution in [0.4, 0.5) is 0 Å². The zero-order valence-electron chi connectivity index (χ0n) is 18.4. The van der Waals surface area contributed by atoms with E-state index in [2.05, 4.69) is 46.6 Å². The van der Waals surface area contributed by atoms with Crippen LogP contribution in [0.3, 0.4) is 0 Å². The van der Waals surface area contributed by atoms with Crippen molar-refractivity contribution in [1.82, 2.24) is 20.9 Å². The molecule has 7 heteroatoms. The molecule has 0 saturated carbocycles. The highest BCUT2D eigenvalue weighted by atomic mass is 127. The van der Waals surface area contributed by atoms with Gasteiger partial charge in [-0.3, -0.25) is 9.69 Å². The summed E-state index contributed by atoms with van der Waals surface area (Å²) >= 11 is 0. The number of hydrogen-bond donors (Lipinski definition) is 3. The van der Waals surface area contributed by atoms with Gasteiger partial charge in [0.05, 0.1) is 0 Å². The second-order valence-corrected chi connectivity index (χ2v) is 8.90. The van der Waals surface area contributed by atoms with Crippen molar-refractivity contribution in [3.05, 3.63) is 0 Å². The summed E-state index contributed by atoms with van der Waals surface area (Å²) in [5.41, 5.74) is -0.230. The van der Waals surface area contributed by atoms with Crippen molar-refractivity contribution in [2.24, 2.45) is 16.8 Å². The summed E-state index contributed by atoms with van der Waals surface area (Å²) in [6, 6.07) is 0.481. The van der Waals surface area contributed by atoms with E-state index >= 15 is 0 Å². The van der Waals surface area contributed by atoms with Crippen LogP contribution in [0.1, 0.15) is 61.3 Å². The molecule has 0 aromatic rings. The predicted octanol–water partition coefficient (Wildman–Crippen LogP) is 2.83. The van der Waals surface area contributed by atoms with Gasteiger partial charge in [0.2, 0.25) is 5.91 Å². The van der Waals surface area contributed by atoms with Crippen molar-refractivity contribution < 1.29 is 4.79 Å². The fraction of sp³-hybridized carbons (Fsp3) is 0.900. The lowest BCUT2D eigenvalue weighted by atomic mass is 9.94. The second-order valence-electron chi connectivity index (χ2n) is 8.90. The molecule has 0 spiro atoms. The highest BCUT2D eigenvalue weighted by Gasteiger charge is 2.25. The standard InChI is InChI=1S/C20H41N5O.HI/c1-8-21-19(23-14-18(26)24-20(5,6)7)22-13-17(15(2)3)25-11-9-16(4)10-12-25;/h15-17H,8-14H2,1-7H3,(H,24,26)(H2,21,22,23);1H. The fourth-order valence-corrected chi connectivity index (χ4v) is 3.30. The Hall–Kier alpha value is -0.570. The minimum atomic E-state index is -0.230. The minimum absolute atomic E-state index is 0. The quantitative estimate of drug-likeness (QED) is 0.289. The van der Waals surface area contributed by atoms with Crippen molar-refractivity contribution in [1.29, 1.82) is 0 Å². The van der Waals surface area contributed by atoms with E-state index in [0.29, 0.717) is 17.9 Å². The predicted molar refractivity (Wildman–Crippen MR) is 126 cm³/mol. The van der Waals surface area contributed by atoms with E-state index in [4.69, 9.17) is 0 Å². The summed E-state index contributed by atoms with van der Waals surface area (Å²) in [5, 5.41) is 9.64. The van der Waals surface area contributed by atoms with E-state index in [1.165, 1.54) is 25.9 Å². The first kappa shape index (κ1) is 26.4. The molecule has 1 fully saturated rings. The first-order valence-electron chi connectivity index (χ1n) is 10.2. The maximum atomic E-state index is 12.0. The monoisotopic (exact) mass is 495 g/mol. The highest BCUT2D eigenvalue weighted by molar-refractivity contribution is 14.0. The van der Waals surface area contributed by atoms with E-state index in [0.717, 1.165) is 19.0 Å². The normalized spacial score (nSPS) is 18.0. The molecule has 1 unspecified atom stereocenters. The Labute approximate surface area is 183 Å². The Bertz CT molecular complexity index is 454. The molecule has 0 aliphatic carbocycles. The number of piperidine rings is 1. The maximum Gasteiger partial charge on any atom is 0.242 e. The molecule has 6 nitrogen and oxygen atoms in total. The van der Waals surface area contributed by atoms with Crippen LogP contribution >= 0.6 is 24.0 Å². The lowest BCUT2D eigenvalue weighted by Crippen LogP contribution is -2.51. The van der Waals surface area contributed by atoms with E-state index in [9.17, 15) is 4.79 Å². The number of hydrogen-bond acceptors (Lipinski definition) is 3. The number of nitrogens with one attached hydrogen (secondary N) is 3. The van der Waals surface area contributed by atoms with Gasteiger partial charge in [-0.25, -0.2) is 4.99 Å². The minimum Gasteiger partial charge on any atom is -0.357 e. The van der Waals surface area contributed by atoms with Crippen LogP contribution in [0.15, 0.2) is 4.99 Å². The Morgan fingerprint density at radius 3 is 2.26 bits per heavy atom. The number of rotatable bonds is 7. The molecule has 1 heterocycles. The van der Waals surface area contributed by atoms with Gasteiger partial charge >= 0.3 is 0 Å². The zero-order chi connectivity index (χ0) is 19.7. The second kappa shape index (κ2) is 12.8. The van der Waals surface area contributed by atoms with Gasteiger partial charge in [-0.05, 0) is 65.5 Å². The average molecular weight is 495 g/mol. The van der Waals surface area contributed by atoms with Crippen LogP contribution in [0.5, 0.6) is 0 Å². The van der Waals surface area contributed by atoms with Gasteiger partial charge in [0, 0.05) is 24.7 Å². The molecule has 1 amide bonds. The lowest BCUT2D eigenvalue weighted by molar-refractivity contribution is -0.121. The molecule has 0 radical (unpaired) electrons. The summed E-state index contributed by atoms with van der Waals surface area (Å²) in [7, 11) is 0. The number of carbonyl (C=O) groups is 1. The SMILES string of the molecule is CCNC(=NCC(=O)NC(C)(C)C)NCC(C(C)C)N1CCC(C)CC1.I. The number of aliphatic imine (C=N–C) groups is 1. The third kappa shape index (κ3) is 11.1. The molecule has 27 heavy (non-hydrogen) atoms. The van der Waals surface area contributed by atoms with Gasteiger partial charge in [0.15, 0.2) is 5.96 Å². The molecule has 1 saturated heterocycles. The average Bonchev–Trinajstić information content (AvgIpc) is 2.52. The van der Waals surface area contributed by atoms with E-state index in [1.54, 1.807) is 0 Å². The van der Waals surface area contributed by atoms with Crippen LogP contribution in [0, 0.1) is 11.8 Å². The van der Waals surface area contributed by atoms with E-state index < -0.39 is 0 Å². The van der Waals surface area contributed by atoms with E-state index in [1.807, 2.05) is 27.7 Å². The molecular weight excluding hydrogens is 453 g/mol. The van der Waals surface area contributed by atoms with Crippen LogP contribution in [-0.2, 0) is 4.79 Å². The Kier molecular flexibility index (Phi) is 12.5. The first-order valence-corrected chi connectivity index (χ1v) is 10.2. The summed E-state index contributed by atoms with van der Waals surface area (Å²) in [5.74, 6) is 2.07. The van der Waals surface area contributed by atoms with Crippen molar-refractivity contribution in [2.75, 3.05) is 32.7 Å². The third-order valence-corrected chi connectivity index (χ3v) is 4.77. The van der Waals surface area contributed by atoms with Gasteiger partial charge < -0.3 is 16.0 Å². The molecule has 160 valence electrons. The van der Waals surface area contributed by atoms with Crippen LogP contribution in [0.2, 0.25) is 0 Å². The molecule has 1 aliphatic heterocycles. The van der Waals surface area contributed by atoms with Crippen LogP contribution in [-0.4, -0.2) is 61.1 Å². The van der Waals surface area contributed by atoms with Crippen LogP contribution < -0.4 is 16.0 Å². The van der Waals surface area contributed by atoms with Gasteiger partial charge in [0.25, 0.3) is 0 Å². The third-order valence-electron chi connectivity index (χ3n) is 4.77. The van der Waals surface area contributed by atoms with Gasteiger partial charge in [-0.1, -0.05) is 20.8 Å². The first-order chi connectivity index (χ1) is 12.1. The molecule has 0 aromatic heterocycles. The number of halogens is 1. The zero-order valence-corrected chi connectivity index (χ0v) is 20.7. The van der Waals surface area contributed by atoms with Crippen molar-refractivity contribution in [3.63, 3.8) is 0 Å². The van der Waals surface area contributed by atoms with Gasteiger partial charge in [-0.2, -0.15) is 0 Å². The maximum absolute atomic E-state index is 12.0. The number of amides is 1.